The molecule has 1 aromatic heterocycles. The number of amides is 1. The van der Waals surface area contributed by atoms with Crippen molar-refractivity contribution in [3.63, 3.8) is 0 Å². The van der Waals surface area contributed by atoms with Crippen molar-refractivity contribution in [3.8, 4) is 5.88 Å². The van der Waals surface area contributed by atoms with Gasteiger partial charge in [0.1, 0.15) is 6.04 Å². The van der Waals surface area contributed by atoms with Gasteiger partial charge in [-0.1, -0.05) is 30.3 Å². The van der Waals surface area contributed by atoms with Crippen LogP contribution in [-0.4, -0.2) is 46.1 Å². The summed E-state index contributed by atoms with van der Waals surface area (Å²) in [4.78, 5) is 29.5. The Morgan fingerprint density at radius 2 is 1.84 bits per heavy atom. The van der Waals surface area contributed by atoms with Gasteiger partial charge < -0.3 is 14.7 Å². The highest BCUT2D eigenvalue weighted by atomic mass is 16.5. The molecule has 1 heterocycles. The van der Waals surface area contributed by atoms with Crippen LogP contribution in [0.15, 0.2) is 48.7 Å². The summed E-state index contributed by atoms with van der Waals surface area (Å²) >= 11 is 0. The highest BCUT2D eigenvalue weighted by molar-refractivity contribution is 5.96. The molecule has 2 rings (SSSR count). The molecule has 132 valence electrons. The molecular formula is C19H22N2O4. The quantitative estimate of drug-likeness (QED) is 0.837. The van der Waals surface area contributed by atoms with E-state index in [1.807, 2.05) is 44.2 Å². The standard InChI is InChI=1S/C19H22N2O4/c1-13(2)25-17-10-9-15(12-20-17)18(22)21(3)16(19(23)24)11-14-7-5-4-6-8-14/h4-10,12-13,16H,11H2,1-3H3,(H,23,24). The summed E-state index contributed by atoms with van der Waals surface area (Å²) in [5, 5.41) is 9.51. The molecule has 0 spiro atoms. The predicted octanol–water partition coefficient (Wildman–Crippen LogP) is 2.64. The summed E-state index contributed by atoms with van der Waals surface area (Å²) in [5.74, 6) is -1.02. The molecule has 1 N–H and O–H groups in total. The maximum Gasteiger partial charge on any atom is 0.326 e. The zero-order chi connectivity index (χ0) is 18.4. The van der Waals surface area contributed by atoms with Gasteiger partial charge in [-0.25, -0.2) is 9.78 Å². The average Bonchev–Trinajstić information content (AvgIpc) is 2.59. The molecule has 1 aromatic carbocycles. The summed E-state index contributed by atoms with van der Waals surface area (Å²) in [6.45, 7) is 3.77. The Balaban J connectivity index is 2.13. The van der Waals surface area contributed by atoms with E-state index < -0.39 is 17.9 Å². The molecule has 0 aliphatic carbocycles. The number of likely N-dealkylation sites (N-methyl/N-ethyl adjacent to an activating group) is 1. The summed E-state index contributed by atoms with van der Waals surface area (Å²) in [5.41, 5.74) is 1.17. The lowest BCUT2D eigenvalue weighted by Crippen LogP contribution is -2.43. The Labute approximate surface area is 147 Å². The largest absolute Gasteiger partial charge is 0.480 e. The topological polar surface area (TPSA) is 79.7 Å². The number of ether oxygens (including phenoxy) is 1. The fraction of sp³-hybridized carbons (Fsp3) is 0.316. The number of pyridine rings is 1. The maximum atomic E-state index is 12.6. The molecule has 6 heteroatoms. The fourth-order valence-electron chi connectivity index (χ4n) is 2.39. The summed E-state index contributed by atoms with van der Waals surface area (Å²) in [7, 11) is 1.49. The second-order valence-electron chi connectivity index (χ2n) is 6.01. The highest BCUT2D eigenvalue weighted by Crippen LogP contribution is 2.14. The monoisotopic (exact) mass is 342 g/mol. The van der Waals surface area contributed by atoms with Crippen LogP contribution in [0, 0.1) is 0 Å². The van der Waals surface area contributed by atoms with E-state index in [0.29, 0.717) is 11.4 Å². The lowest BCUT2D eigenvalue weighted by atomic mass is 10.0. The zero-order valence-corrected chi connectivity index (χ0v) is 14.5. The second kappa shape index (κ2) is 8.28. The van der Waals surface area contributed by atoms with Gasteiger partial charge in [0.25, 0.3) is 5.91 Å². The van der Waals surface area contributed by atoms with Crippen LogP contribution < -0.4 is 4.74 Å². The Bertz CT molecular complexity index is 714. The number of nitrogens with zero attached hydrogens (tertiary/aromatic N) is 2. The number of carboxylic acids is 1. The zero-order valence-electron chi connectivity index (χ0n) is 14.5. The minimum absolute atomic E-state index is 0.0148. The van der Waals surface area contributed by atoms with Gasteiger partial charge in [-0.2, -0.15) is 0 Å². The molecule has 2 aromatic rings. The van der Waals surface area contributed by atoms with Crippen molar-refractivity contribution in [1.29, 1.82) is 0 Å². The Morgan fingerprint density at radius 1 is 1.16 bits per heavy atom. The Morgan fingerprint density at radius 3 is 2.36 bits per heavy atom. The number of carbonyl (C=O) groups is 2. The third-order valence-corrected chi connectivity index (χ3v) is 3.68. The molecule has 0 fully saturated rings. The molecule has 1 amide bonds. The minimum Gasteiger partial charge on any atom is -0.480 e. The van der Waals surface area contributed by atoms with Crippen LogP contribution in [0.5, 0.6) is 5.88 Å². The number of carbonyl (C=O) groups excluding carboxylic acids is 1. The molecular weight excluding hydrogens is 320 g/mol. The van der Waals surface area contributed by atoms with Crippen molar-refractivity contribution in [2.24, 2.45) is 0 Å². The number of rotatable bonds is 7. The van der Waals surface area contributed by atoms with Crippen molar-refractivity contribution in [3.05, 3.63) is 59.8 Å². The number of benzene rings is 1. The highest BCUT2D eigenvalue weighted by Gasteiger charge is 2.27. The number of hydrogen-bond donors (Lipinski definition) is 1. The first-order chi connectivity index (χ1) is 11.9. The average molecular weight is 342 g/mol. The molecule has 0 bridgehead atoms. The number of hydrogen-bond acceptors (Lipinski definition) is 4. The van der Waals surface area contributed by atoms with Crippen LogP contribution in [0.25, 0.3) is 0 Å². The van der Waals surface area contributed by atoms with E-state index in [4.69, 9.17) is 4.74 Å². The van der Waals surface area contributed by atoms with Gasteiger partial charge in [-0.15, -0.1) is 0 Å². The first-order valence-electron chi connectivity index (χ1n) is 8.05. The van der Waals surface area contributed by atoms with Crippen LogP contribution in [0.4, 0.5) is 0 Å². The van der Waals surface area contributed by atoms with Crippen molar-refractivity contribution in [2.45, 2.75) is 32.4 Å². The normalized spacial score (nSPS) is 11.8. The van der Waals surface area contributed by atoms with E-state index in [2.05, 4.69) is 4.98 Å². The number of carboxylic acid groups (broad SMARTS) is 1. The van der Waals surface area contributed by atoms with Crippen LogP contribution in [0.3, 0.4) is 0 Å². The van der Waals surface area contributed by atoms with Gasteiger partial charge in [0, 0.05) is 25.7 Å². The Hall–Kier alpha value is -2.89. The fourth-order valence-corrected chi connectivity index (χ4v) is 2.39. The number of aromatic nitrogens is 1. The van der Waals surface area contributed by atoms with E-state index >= 15 is 0 Å². The van der Waals surface area contributed by atoms with Crippen molar-refractivity contribution in [1.82, 2.24) is 9.88 Å². The van der Waals surface area contributed by atoms with Crippen molar-refractivity contribution >= 4 is 11.9 Å². The third kappa shape index (κ3) is 5.04. The molecule has 6 nitrogen and oxygen atoms in total. The van der Waals surface area contributed by atoms with Crippen LogP contribution >= 0.6 is 0 Å². The molecule has 1 atom stereocenters. The minimum atomic E-state index is -1.05. The smallest absolute Gasteiger partial charge is 0.326 e. The van der Waals surface area contributed by atoms with Crippen molar-refractivity contribution in [2.75, 3.05) is 7.05 Å². The lowest BCUT2D eigenvalue weighted by molar-refractivity contribution is -0.141. The second-order valence-corrected chi connectivity index (χ2v) is 6.01. The van der Waals surface area contributed by atoms with Crippen molar-refractivity contribution < 1.29 is 19.4 Å². The van der Waals surface area contributed by atoms with Crippen LogP contribution in [-0.2, 0) is 11.2 Å². The van der Waals surface area contributed by atoms with Gasteiger partial charge in [0.15, 0.2) is 0 Å². The van der Waals surface area contributed by atoms with Gasteiger partial charge in [0.2, 0.25) is 5.88 Å². The number of aliphatic carboxylic acids is 1. The molecule has 0 aliphatic rings. The molecule has 0 radical (unpaired) electrons. The molecule has 0 aliphatic heterocycles. The summed E-state index contributed by atoms with van der Waals surface area (Å²) in [6.07, 6.45) is 1.62. The van der Waals surface area contributed by atoms with E-state index in [-0.39, 0.29) is 12.5 Å². The summed E-state index contributed by atoms with van der Waals surface area (Å²) < 4.78 is 5.44. The van der Waals surface area contributed by atoms with E-state index in [0.717, 1.165) is 5.56 Å². The third-order valence-electron chi connectivity index (χ3n) is 3.68. The molecule has 25 heavy (non-hydrogen) atoms. The first kappa shape index (κ1) is 18.4. The first-order valence-corrected chi connectivity index (χ1v) is 8.05. The molecule has 1 unspecified atom stereocenters. The van der Waals surface area contributed by atoms with Gasteiger partial charge >= 0.3 is 5.97 Å². The predicted molar refractivity (Wildman–Crippen MR) is 93.7 cm³/mol. The van der Waals surface area contributed by atoms with E-state index in [1.165, 1.54) is 18.1 Å². The SMILES string of the molecule is CC(C)Oc1ccc(C(=O)N(C)C(Cc2ccccc2)C(=O)O)cn1. The van der Waals surface area contributed by atoms with Crippen LogP contribution in [0.2, 0.25) is 0 Å². The Kier molecular flexibility index (Phi) is 6.11. The van der Waals surface area contributed by atoms with E-state index in [9.17, 15) is 14.7 Å². The lowest BCUT2D eigenvalue weighted by Gasteiger charge is -2.25. The molecule has 0 saturated carbocycles. The summed E-state index contributed by atoms with van der Waals surface area (Å²) in [6, 6.07) is 11.5. The molecule has 0 saturated heterocycles. The van der Waals surface area contributed by atoms with Gasteiger partial charge in [-0.05, 0) is 25.5 Å². The van der Waals surface area contributed by atoms with Gasteiger partial charge in [0.05, 0.1) is 11.7 Å². The maximum absolute atomic E-state index is 12.6. The van der Waals surface area contributed by atoms with Gasteiger partial charge in [-0.3, -0.25) is 4.79 Å². The van der Waals surface area contributed by atoms with E-state index in [1.54, 1.807) is 12.1 Å². The van der Waals surface area contributed by atoms with Crippen LogP contribution in [0.1, 0.15) is 29.8 Å².